The number of rotatable bonds is 1. The molecule has 2 aliphatic rings. The molecule has 2 aliphatic carbocycles. The minimum atomic E-state index is -0.555. The van der Waals surface area contributed by atoms with Gasteiger partial charge in [0.1, 0.15) is 0 Å². The van der Waals surface area contributed by atoms with Gasteiger partial charge in [0.05, 0.1) is 5.60 Å². The lowest BCUT2D eigenvalue weighted by Gasteiger charge is -2.57. The normalized spacial score (nSPS) is 50.1. The fraction of sp³-hybridized carbons (Fsp3) is 0.867. The van der Waals surface area contributed by atoms with Crippen molar-refractivity contribution in [2.24, 2.45) is 17.3 Å². The third kappa shape index (κ3) is 2.30. The van der Waals surface area contributed by atoms with Crippen LogP contribution in [0.2, 0.25) is 0 Å². The second kappa shape index (κ2) is 4.40. The van der Waals surface area contributed by atoms with E-state index in [4.69, 9.17) is 0 Å². The van der Waals surface area contributed by atoms with Crippen molar-refractivity contribution >= 4 is 0 Å². The van der Waals surface area contributed by atoms with Crippen molar-refractivity contribution in [1.29, 1.82) is 0 Å². The Bertz CT molecular complexity index is 319. The molecule has 1 fully saturated rings. The molecule has 2 rings (SSSR count). The standard InChI is InChI=1S/C15H26O2/c1-11-5-4-8-15(3,17)13-9-14(2,10-16)12(13)7-6-11/h5,12-13,16-17H,4,6-10H2,1-3H3/b11-5+/t12-,13+,14-,15-/m1/s1. The van der Waals surface area contributed by atoms with E-state index in [9.17, 15) is 10.2 Å². The van der Waals surface area contributed by atoms with Gasteiger partial charge in [0, 0.05) is 6.61 Å². The largest absolute Gasteiger partial charge is 0.396 e. The Hall–Kier alpha value is -0.340. The second-order valence-electron chi connectivity index (χ2n) is 6.71. The third-order valence-electron chi connectivity index (χ3n) is 5.22. The van der Waals surface area contributed by atoms with Crippen LogP contribution in [0, 0.1) is 17.3 Å². The van der Waals surface area contributed by atoms with Gasteiger partial charge in [-0.3, -0.25) is 0 Å². The highest BCUT2D eigenvalue weighted by atomic mass is 16.3. The predicted molar refractivity (Wildman–Crippen MR) is 69.6 cm³/mol. The summed E-state index contributed by atoms with van der Waals surface area (Å²) in [6, 6.07) is 0. The van der Waals surface area contributed by atoms with Gasteiger partial charge in [0.25, 0.3) is 0 Å². The molecular weight excluding hydrogens is 212 g/mol. The molecule has 0 spiro atoms. The topological polar surface area (TPSA) is 40.5 Å². The average molecular weight is 238 g/mol. The number of hydrogen-bond acceptors (Lipinski definition) is 2. The number of fused-ring (bicyclic) bond motifs is 1. The van der Waals surface area contributed by atoms with E-state index in [1.165, 1.54) is 5.57 Å². The zero-order valence-corrected chi connectivity index (χ0v) is 11.4. The van der Waals surface area contributed by atoms with Gasteiger partial charge in [-0.05, 0) is 63.2 Å². The lowest BCUT2D eigenvalue weighted by atomic mass is 9.49. The molecule has 98 valence electrons. The highest BCUT2D eigenvalue weighted by Gasteiger charge is 2.55. The van der Waals surface area contributed by atoms with Gasteiger partial charge >= 0.3 is 0 Å². The van der Waals surface area contributed by atoms with Gasteiger partial charge in [-0.2, -0.15) is 0 Å². The summed E-state index contributed by atoms with van der Waals surface area (Å²) < 4.78 is 0. The Kier molecular flexibility index (Phi) is 3.39. The van der Waals surface area contributed by atoms with Crippen LogP contribution in [-0.2, 0) is 0 Å². The molecule has 0 aromatic carbocycles. The predicted octanol–water partition coefficient (Wildman–Crippen LogP) is 2.89. The Morgan fingerprint density at radius 3 is 2.71 bits per heavy atom. The SMILES string of the molecule is C/C1=C\CC[C@@](C)(O)[C@H]2C[C@](C)(CO)[C@@H]2CC1. The van der Waals surface area contributed by atoms with Crippen LogP contribution >= 0.6 is 0 Å². The van der Waals surface area contributed by atoms with Crippen molar-refractivity contribution in [2.45, 2.75) is 58.5 Å². The first kappa shape index (κ1) is 13.1. The van der Waals surface area contributed by atoms with Crippen molar-refractivity contribution < 1.29 is 10.2 Å². The van der Waals surface area contributed by atoms with Crippen LogP contribution in [0.1, 0.15) is 52.9 Å². The highest BCUT2D eigenvalue weighted by molar-refractivity contribution is 5.09. The van der Waals surface area contributed by atoms with Gasteiger partial charge < -0.3 is 10.2 Å². The third-order valence-corrected chi connectivity index (χ3v) is 5.22. The highest BCUT2D eigenvalue weighted by Crippen LogP contribution is 2.58. The van der Waals surface area contributed by atoms with Gasteiger partial charge in [-0.25, -0.2) is 0 Å². The lowest BCUT2D eigenvalue weighted by Crippen LogP contribution is -2.57. The molecule has 0 aromatic rings. The summed E-state index contributed by atoms with van der Waals surface area (Å²) in [6.07, 6.45) is 7.31. The number of aliphatic hydroxyl groups excluding tert-OH is 1. The summed E-state index contributed by atoms with van der Waals surface area (Å²) in [5, 5.41) is 20.2. The number of hydrogen-bond donors (Lipinski definition) is 2. The molecule has 2 N–H and O–H groups in total. The first-order chi connectivity index (χ1) is 7.89. The maximum atomic E-state index is 10.6. The summed E-state index contributed by atoms with van der Waals surface area (Å²) in [5.74, 6) is 0.850. The molecular formula is C15H26O2. The summed E-state index contributed by atoms with van der Waals surface area (Å²) in [7, 11) is 0. The molecule has 4 atom stereocenters. The molecule has 0 amide bonds. The first-order valence-electron chi connectivity index (χ1n) is 6.88. The lowest BCUT2D eigenvalue weighted by molar-refractivity contribution is -0.163. The Morgan fingerprint density at radius 1 is 1.35 bits per heavy atom. The summed E-state index contributed by atoms with van der Waals surface area (Å²) in [5.41, 5.74) is 0.924. The molecule has 0 heterocycles. The Balaban J connectivity index is 2.19. The van der Waals surface area contributed by atoms with E-state index in [1.54, 1.807) is 0 Å². The summed E-state index contributed by atoms with van der Waals surface area (Å²) >= 11 is 0. The van der Waals surface area contributed by atoms with E-state index in [-0.39, 0.29) is 12.0 Å². The van der Waals surface area contributed by atoms with E-state index < -0.39 is 5.60 Å². The van der Waals surface area contributed by atoms with Crippen molar-refractivity contribution in [3.05, 3.63) is 11.6 Å². The zero-order chi connectivity index (χ0) is 12.7. The molecule has 0 radical (unpaired) electrons. The van der Waals surface area contributed by atoms with Crippen LogP contribution in [0.5, 0.6) is 0 Å². The van der Waals surface area contributed by atoms with Crippen molar-refractivity contribution in [3.63, 3.8) is 0 Å². The average Bonchev–Trinajstić information content (AvgIpc) is 2.28. The molecule has 1 saturated carbocycles. The van der Waals surface area contributed by atoms with E-state index in [2.05, 4.69) is 19.9 Å². The Morgan fingerprint density at radius 2 is 2.06 bits per heavy atom. The maximum Gasteiger partial charge on any atom is 0.0653 e. The van der Waals surface area contributed by atoms with Crippen LogP contribution in [0.4, 0.5) is 0 Å². The smallest absolute Gasteiger partial charge is 0.0653 e. The van der Waals surface area contributed by atoms with E-state index in [0.29, 0.717) is 11.8 Å². The molecule has 0 aliphatic heterocycles. The molecule has 2 nitrogen and oxygen atoms in total. The quantitative estimate of drug-likeness (QED) is 0.690. The maximum absolute atomic E-state index is 10.6. The van der Waals surface area contributed by atoms with Gasteiger partial charge in [0.15, 0.2) is 0 Å². The molecule has 0 aromatic heterocycles. The number of allylic oxidation sites excluding steroid dienone is 2. The molecule has 17 heavy (non-hydrogen) atoms. The van der Waals surface area contributed by atoms with Crippen molar-refractivity contribution in [3.8, 4) is 0 Å². The fourth-order valence-corrected chi connectivity index (χ4v) is 3.79. The van der Waals surface area contributed by atoms with Crippen LogP contribution in [0.15, 0.2) is 11.6 Å². The van der Waals surface area contributed by atoms with Crippen LogP contribution in [-0.4, -0.2) is 22.4 Å². The summed E-state index contributed by atoms with van der Waals surface area (Å²) in [6.45, 7) is 6.59. The Labute approximate surface area is 105 Å². The summed E-state index contributed by atoms with van der Waals surface area (Å²) in [4.78, 5) is 0. The molecule has 0 saturated heterocycles. The number of aliphatic hydroxyl groups is 2. The van der Waals surface area contributed by atoms with Crippen LogP contribution < -0.4 is 0 Å². The minimum Gasteiger partial charge on any atom is -0.396 e. The first-order valence-corrected chi connectivity index (χ1v) is 6.88. The monoisotopic (exact) mass is 238 g/mol. The van der Waals surface area contributed by atoms with Crippen molar-refractivity contribution in [1.82, 2.24) is 0 Å². The minimum absolute atomic E-state index is 0.0409. The van der Waals surface area contributed by atoms with E-state index in [1.807, 2.05) is 6.92 Å². The van der Waals surface area contributed by atoms with Crippen molar-refractivity contribution in [2.75, 3.05) is 6.61 Å². The van der Waals surface area contributed by atoms with Crippen LogP contribution in [0.3, 0.4) is 0 Å². The molecule has 0 bridgehead atoms. The van der Waals surface area contributed by atoms with Gasteiger partial charge in [0.2, 0.25) is 0 Å². The zero-order valence-electron chi connectivity index (χ0n) is 11.4. The van der Waals surface area contributed by atoms with Gasteiger partial charge in [-0.15, -0.1) is 0 Å². The van der Waals surface area contributed by atoms with E-state index >= 15 is 0 Å². The molecule has 0 unspecified atom stereocenters. The van der Waals surface area contributed by atoms with E-state index in [0.717, 1.165) is 32.1 Å². The van der Waals surface area contributed by atoms with Crippen LogP contribution in [0.25, 0.3) is 0 Å². The van der Waals surface area contributed by atoms with Gasteiger partial charge in [-0.1, -0.05) is 18.6 Å². The molecule has 2 heteroatoms. The fourth-order valence-electron chi connectivity index (χ4n) is 3.79. The second-order valence-corrected chi connectivity index (χ2v) is 6.71.